The summed E-state index contributed by atoms with van der Waals surface area (Å²) in [5, 5.41) is 7.09. The highest BCUT2D eigenvalue weighted by Crippen LogP contribution is 2.10. The van der Waals surface area contributed by atoms with E-state index in [9.17, 15) is 0 Å². The first-order valence-corrected chi connectivity index (χ1v) is 2.74. The highest BCUT2D eigenvalue weighted by Gasteiger charge is 2.05. The van der Waals surface area contributed by atoms with Crippen molar-refractivity contribution in [2.75, 3.05) is 7.11 Å². The molecule has 1 aromatic heterocycles. The van der Waals surface area contributed by atoms with Gasteiger partial charge in [-0.25, -0.2) is 4.63 Å². The molecule has 0 radical (unpaired) electrons. The minimum atomic E-state index is 0.484. The second kappa shape index (κ2) is 2.48. The fraction of sp³-hybridized carbons (Fsp3) is 0.600. The van der Waals surface area contributed by atoms with Crippen molar-refractivity contribution in [2.24, 2.45) is 0 Å². The Balaban J connectivity index is 2.85. The summed E-state index contributed by atoms with van der Waals surface area (Å²) in [4.78, 5) is 0. The summed E-state index contributed by atoms with van der Waals surface area (Å²) < 4.78 is 9.21. The average Bonchev–Trinajstić information content (AvgIpc) is 2.33. The van der Waals surface area contributed by atoms with Crippen molar-refractivity contribution in [3.8, 4) is 5.88 Å². The maximum atomic E-state index is 4.81. The van der Waals surface area contributed by atoms with Gasteiger partial charge in [0.1, 0.15) is 5.69 Å². The van der Waals surface area contributed by atoms with Gasteiger partial charge >= 0.3 is 0 Å². The molecule has 0 bridgehead atoms. The molecule has 50 valence electrons. The summed E-state index contributed by atoms with van der Waals surface area (Å²) in [5.41, 5.74) is 0.762. The fourth-order valence-electron chi connectivity index (χ4n) is 0.569. The Kier molecular flexibility index (Phi) is 1.67. The van der Waals surface area contributed by atoms with Crippen molar-refractivity contribution in [3.63, 3.8) is 0 Å². The van der Waals surface area contributed by atoms with Crippen LogP contribution in [-0.4, -0.2) is 17.4 Å². The monoisotopic (exact) mass is 128 g/mol. The summed E-state index contributed by atoms with van der Waals surface area (Å²) >= 11 is 0. The van der Waals surface area contributed by atoms with Gasteiger partial charge in [0.15, 0.2) is 0 Å². The number of hydrogen-bond donors (Lipinski definition) is 0. The Morgan fingerprint density at radius 1 is 1.56 bits per heavy atom. The van der Waals surface area contributed by atoms with Crippen LogP contribution in [0.5, 0.6) is 5.88 Å². The van der Waals surface area contributed by atoms with Crippen LogP contribution < -0.4 is 4.74 Å². The topological polar surface area (TPSA) is 48.2 Å². The molecule has 0 atom stereocenters. The maximum Gasteiger partial charge on any atom is 0.278 e. The van der Waals surface area contributed by atoms with E-state index in [0.717, 1.165) is 12.1 Å². The molecule has 0 aliphatic heterocycles. The molecule has 9 heavy (non-hydrogen) atoms. The van der Waals surface area contributed by atoms with E-state index >= 15 is 0 Å². The molecular weight excluding hydrogens is 120 g/mol. The molecule has 0 unspecified atom stereocenters. The van der Waals surface area contributed by atoms with Crippen molar-refractivity contribution in [2.45, 2.75) is 13.3 Å². The predicted molar refractivity (Wildman–Crippen MR) is 30.2 cm³/mol. The Hall–Kier alpha value is -1.06. The van der Waals surface area contributed by atoms with Gasteiger partial charge in [0.25, 0.3) is 5.88 Å². The van der Waals surface area contributed by atoms with Crippen molar-refractivity contribution in [1.82, 2.24) is 10.3 Å². The first-order valence-electron chi connectivity index (χ1n) is 2.74. The Morgan fingerprint density at radius 3 is 2.78 bits per heavy atom. The third-order valence-electron chi connectivity index (χ3n) is 1.05. The standard InChI is InChI=1S/C5H8N2O2/c1-3-4-5(8-2)7-9-6-4/h3H2,1-2H3. The van der Waals surface area contributed by atoms with E-state index in [1.807, 2.05) is 6.92 Å². The van der Waals surface area contributed by atoms with Crippen molar-refractivity contribution in [3.05, 3.63) is 5.69 Å². The second-order valence-corrected chi connectivity index (χ2v) is 1.57. The van der Waals surface area contributed by atoms with Gasteiger partial charge < -0.3 is 4.74 Å². The zero-order valence-electron chi connectivity index (χ0n) is 5.42. The lowest BCUT2D eigenvalue weighted by Crippen LogP contribution is -1.87. The van der Waals surface area contributed by atoms with Crippen LogP contribution in [0.25, 0.3) is 0 Å². The van der Waals surface area contributed by atoms with Gasteiger partial charge in [-0.3, -0.25) is 0 Å². The van der Waals surface area contributed by atoms with Crippen LogP contribution in [-0.2, 0) is 6.42 Å². The molecule has 1 aromatic rings. The lowest BCUT2D eigenvalue weighted by molar-refractivity contribution is 0.280. The van der Waals surface area contributed by atoms with Crippen molar-refractivity contribution in [1.29, 1.82) is 0 Å². The van der Waals surface area contributed by atoms with Gasteiger partial charge in [0, 0.05) is 0 Å². The highest BCUT2D eigenvalue weighted by atomic mass is 16.6. The van der Waals surface area contributed by atoms with E-state index in [0.29, 0.717) is 5.88 Å². The number of aromatic nitrogens is 2. The second-order valence-electron chi connectivity index (χ2n) is 1.57. The van der Waals surface area contributed by atoms with Crippen LogP contribution in [0, 0.1) is 0 Å². The molecule has 0 aliphatic rings. The first kappa shape index (κ1) is 6.07. The maximum absolute atomic E-state index is 4.81. The molecule has 4 nitrogen and oxygen atoms in total. The Morgan fingerprint density at radius 2 is 2.33 bits per heavy atom. The average molecular weight is 128 g/mol. The molecule has 1 rings (SSSR count). The first-order chi connectivity index (χ1) is 4.38. The van der Waals surface area contributed by atoms with Crippen molar-refractivity contribution < 1.29 is 9.37 Å². The molecule has 4 heteroatoms. The zero-order chi connectivity index (χ0) is 6.69. The molecule has 0 aromatic carbocycles. The number of aryl methyl sites for hydroxylation is 1. The molecule has 0 saturated heterocycles. The number of methoxy groups -OCH3 is 1. The number of rotatable bonds is 2. The summed E-state index contributed by atoms with van der Waals surface area (Å²) in [5.74, 6) is 0.484. The molecule has 0 aliphatic carbocycles. The van der Waals surface area contributed by atoms with Crippen LogP contribution in [0.3, 0.4) is 0 Å². The van der Waals surface area contributed by atoms with Crippen molar-refractivity contribution >= 4 is 0 Å². The zero-order valence-corrected chi connectivity index (χ0v) is 5.42. The lowest BCUT2D eigenvalue weighted by atomic mass is 10.4. The molecule has 0 N–H and O–H groups in total. The van der Waals surface area contributed by atoms with Gasteiger partial charge in [0.2, 0.25) is 0 Å². The van der Waals surface area contributed by atoms with E-state index in [4.69, 9.17) is 4.74 Å². The minimum Gasteiger partial charge on any atom is -0.477 e. The normalized spacial score (nSPS) is 9.56. The molecule has 0 amide bonds. The summed E-state index contributed by atoms with van der Waals surface area (Å²) in [6.07, 6.45) is 0.784. The van der Waals surface area contributed by atoms with E-state index in [1.54, 1.807) is 7.11 Å². The SMILES string of the molecule is CCc1nonc1OC. The molecule has 0 spiro atoms. The van der Waals surface area contributed by atoms with Gasteiger partial charge in [-0.15, -0.1) is 0 Å². The van der Waals surface area contributed by atoms with Crippen LogP contribution in [0.2, 0.25) is 0 Å². The van der Waals surface area contributed by atoms with Crippen LogP contribution in [0.15, 0.2) is 4.63 Å². The number of nitrogens with zero attached hydrogens (tertiary/aromatic N) is 2. The number of hydrogen-bond acceptors (Lipinski definition) is 4. The third-order valence-corrected chi connectivity index (χ3v) is 1.05. The third kappa shape index (κ3) is 1.01. The predicted octanol–water partition coefficient (Wildman–Crippen LogP) is 0.641. The van der Waals surface area contributed by atoms with E-state index in [1.165, 1.54) is 0 Å². The van der Waals surface area contributed by atoms with E-state index < -0.39 is 0 Å². The smallest absolute Gasteiger partial charge is 0.278 e. The van der Waals surface area contributed by atoms with Crippen LogP contribution in [0.1, 0.15) is 12.6 Å². The van der Waals surface area contributed by atoms with Crippen LogP contribution >= 0.6 is 0 Å². The highest BCUT2D eigenvalue weighted by molar-refractivity contribution is 5.13. The van der Waals surface area contributed by atoms with E-state index in [-0.39, 0.29) is 0 Å². The van der Waals surface area contributed by atoms with Gasteiger partial charge in [-0.05, 0) is 11.6 Å². The Labute approximate surface area is 52.8 Å². The Bertz CT molecular complexity index is 166. The summed E-state index contributed by atoms with van der Waals surface area (Å²) in [6.45, 7) is 1.96. The molecule has 1 heterocycles. The van der Waals surface area contributed by atoms with Gasteiger partial charge in [-0.1, -0.05) is 12.1 Å². The van der Waals surface area contributed by atoms with Gasteiger partial charge in [0.05, 0.1) is 7.11 Å². The van der Waals surface area contributed by atoms with Gasteiger partial charge in [-0.2, -0.15) is 0 Å². The van der Waals surface area contributed by atoms with Crippen LogP contribution in [0.4, 0.5) is 0 Å². The lowest BCUT2D eigenvalue weighted by Gasteiger charge is -1.89. The molecule has 0 fully saturated rings. The fourth-order valence-corrected chi connectivity index (χ4v) is 0.569. The van der Waals surface area contributed by atoms with E-state index in [2.05, 4.69) is 14.9 Å². The quantitative estimate of drug-likeness (QED) is 0.586. The molecule has 0 saturated carbocycles. The molecular formula is C5H8N2O2. The minimum absolute atomic E-state index is 0.484. The largest absolute Gasteiger partial charge is 0.477 e. The summed E-state index contributed by atoms with van der Waals surface area (Å²) in [6, 6.07) is 0. The summed E-state index contributed by atoms with van der Waals surface area (Å²) in [7, 11) is 1.54. The number of ether oxygens (including phenoxy) is 1.